The van der Waals surface area contributed by atoms with Crippen molar-refractivity contribution in [2.75, 3.05) is 12.4 Å². The average Bonchev–Trinajstić information content (AvgIpc) is 3.27. The Morgan fingerprint density at radius 1 is 1.33 bits per heavy atom. The molecule has 1 aromatic carbocycles. The predicted octanol–water partition coefficient (Wildman–Crippen LogP) is 3.23. The summed E-state index contributed by atoms with van der Waals surface area (Å²) in [6, 6.07) is 5.78. The highest BCUT2D eigenvalue weighted by molar-refractivity contribution is 7.17. The molecule has 1 aliphatic carbocycles. The van der Waals surface area contributed by atoms with Gasteiger partial charge in [0.2, 0.25) is 5.06 Å². The summed E-state index contributed by atoms with van der Waals surface area (Å²) in [5.74, 6) is -0.0746. The van der Waals surface area contributed by atoms with Crippen LogP contribution in [0.4, 0.5) is 15.6 Å². The van der Waals surface area contributed by atoms with Crippen molar-refractivity contribution in [3.8, 4) is 5.06 Å². The maximum absolute atomic E-state index is 12.1. The number of benzene rings is 1. The molecular weight excluding hydrogens is 330 g/mol. The van der Waals surface area contributed by atoms with Crippen molar-refractivity contribution in [1.29, 1.82) is 0 Å². The van der Waals surface area contributed by atoms with Crippen LogP contribution in [0.3, 0.4) is 0 Å². The third-order valence-corrected chi connectivity index (χ3v) is 4.28. The topological polar surface area (TPSA) is 89.6 Å². The van der Waals surface area contributed by atoms with Crippen molar-refractivity contribution >= 4 is 34.2 Å². The van der Waals surface area contributed by atoms with Gasteiger partial charge in [0, 0.05) is 17.3 Å². The van der Waals surface area contributed by atoms with Crippen molar-refractivity contribution < 1.29 is 19.1 Å². The van der Waals surface area contributed by atoms with Gasteiger partial charge in [-0.25, -0.2) is 9.78 Å². The molecule has 2 N–H and O–H groups in total. The Bertz CT molecular complexity index is 770. The molecule has 24 heavy (non-hydrogen) atoms. The molecule has 3 rings (SSSR count). The van der Waals surface area contributed by atoms with Gasteiger partial charge < -0.3 is 20.1 Å². The normalized spacial score (nSPS) is 13.2. The molecule has 8 heteroatoms. The molecule has 0 bridgehead atoms. The van der Waals surface area contributed by atoms with Crippen molar-refractivity contribution in [3.05, 3.63) is 35.5 Å². The fraction of sp³-hybridized carbons (Fsp3) is 0.312. The summed E-state index contributed by atoms with van der Waals surface area (Å²) in [4.78, 5) is 27.4. The Hall–Kier alpha value is -2.61. The maximum Gasteiger partial charge on any atom is 0.514 e. The van der Waals surface area contributed by atoms with Crippen molar-refractivity contribution in [2.24, 2.45) is 0 Å². The fourth-order valence-corrected chi connectivity index (χ4v) is 2.67. The number of hydrogen-bond acceptors (Lipinski definition) is 7. The Morgan fingerprint density at radius 3 is 2.83 bits per heavy atom. The number of nitrogens with one attached hydrogen (secondary N) is 2. The van der Waals surface area contributed by atoms with E-state index in [4.69, 9.17) is 4.74 Å². The lowest BCUT2D eigenvalue weighted by atomic mass is 10.1. The van der Waals surface area contributed by atoms with Crippen LogP contribution in [0, 0.1) is 6.92 Å². The number of carbonyl (C=O) groups is 2. The van der Waals surface area contributed by atoms with Gasteiger partial charge in [0.25, 0.3) is 5.91 Å². The number of ether oxygens (including phenoxy) is 2. The zero-order chi connectivity index (χ0) is 17.1. The van der Waals surface area contributed by atoms with Crippen LogP contribution < -0.4 is 15.4 Å². The van der Waals surface area contributed by atoms with E-state index in [1.807, 2.05) is 13.0 Å². The number of aryl methyl sites for hydroxylation is 1. The van der Waals surface area contributed by atoms with Crippen LogP contribution in [0.15, 0.2) is 24.4 Å². The van der Waals surface area contributed by atoms with Crippen LogP contribution in [-0.2, 0) is 4.74 Å². The van der Waals surface area contributed by atoms with E-state index in [2.05, 4.69) is 20.4 Å². The fourth-order valence-electron chi connectivity index (χ4n) is 2.00. The van der Waals surface area contributed by atoms with E-state index < -0.39 is 6.16 Å². The van der Waals surface area contributed by atoms with Crippen molar-refractivity contribution in [3.63, 3.8) is 0 Å². The number of anilines is 2. The molecule has 1 amide bonds. The minimum absolute atomic E-state index is 0.0746. The van der Waals surface area contributed by atoms with Gasteiger partial charge in [-0.1, -0.05) is 17.4 Å². The zero-order valence-corrected chi connectivity index (χ0v) is 14.1. The summed E-state index contributed by atoms with van der Waals surface area (Å²) in [6.45, 7) is 1.93. The molecule has 1 saturated carbocycles. The van der Waals surface area contributed by atoms with E-state index in [9.17, 15) is 9.59 Å². The van der Waals surface area contributed by atoms with Gasteiger partial charge in [-0.05, 0) is 37.5 Å². The van der Waals surface area contributed by atoms with E-state index in [-0.39, 0.29) is 5.91 Å². The lowest BCUT2D eigenvalue weighted by molar-refractivity contribution is 0.0951. The number of nitrogens with zero attached hydrogens (tertiary/aromatic N) is 1. The minimum Gasteiger partial charge on any atom is -0.437 e. The largest absolute Gasteiger partial charge is 0.514 e. The SMILES string of the molecule is COC(=O)Oc1cnc(Nc2cc(C(=O)NC3CC3)ccc2C)s1. The number of thiazole rings is 1. The standard InChI is InChI=1S/C16H17N3O4S/c1-9-3-4-10(14(20)18-11-5-6-11)7-12(9)19-15-17-8-13(24-15)23-16(21)22-2/h3-4,7-8,11H,5-6H2,1-2H3,(H,17,19)(H,18,20). The van der Waals surface area contributed by atoms with E-state index >= 15 is 0 Å². The summed E-state index contributed by atoms with van der Waals surface area (Å²) in [6.07, 6.45) is 2.73. The number of amides is 1. The number of aromatic nitrogens is 1. The first-order valence-electron chi connectivity index (χ1n) is 7.45. The first-order valence-corrected chi connectivity index (χ1v) is 8.27. The van der Waals surface area contributed by atoms with E-state index in [0.29, 0.717) is 21.8 Å². The van der Waals surface area contributed by atoms with Crippen LogP contribution in [0.1, 0.15) is 28.8 Å². The van der Waals surface area contributed by atoms with Gasteiger partial charge in [0.15, 0.2) is 5.13 Å². The number of carbonyl (C=O) groups excluding carboxylic acids is 2. The zero-order valence-electron chi connectivity index (χ0n) is 13.3. The Kier molecular flexibility index (Phi) is 4.66. The van der Waals surface area contributed by atoms with Gasteiger partial charge in [0.1, 0.15) is 0 Å². The monoisotopic (exact) mass is 347 g/mol. The van der Waals surface area contributed by atoms with Gasteiger partial charge in [-0.15, -0.1) is 0 Å². The lowest BCUT2D eigenvalue weighted by Gasteiger charge is -2.10. The molecule has 0 saturated heterocycles. The third-order valence-electron chi connectivity index (χ3n) is 3.49. The quantitative estimate of drug-likeness (QED) is 0.807. The molecule has 1 aliphatic rings. The van der Waals surface area contributed by atoms with Gasteiger partial charge in [-0.2, -0.15) is 0 Å². The van der Waals surface area contributed by atoms with Crippen molar-refractivity contribution in [2.45, 2.75) is 25.8 Å². The minimum atomic E-state index is -0.792. The highest BCUT2D eigenvalue weighted by atomic mass is 32.1. The van der Waals surface area contributed by atoms with Gasteiger partial charge in [-0.3, -0.25) is 4.79 Å². The van der Waals surface area contributed by atoms with E-state index in [1.165, 1.54) is 24.6 Å². The predicted molar refractivity (Wildman–Crippen MR) is 90.1 cm³/mol. The van der Waals surface area contributed by atoms with Crippen LogP contribution in [-0.4, -0.2) is 30.2 Å². The Labute approximate surface area is 143 Å². The second-order valence-electron chi connectivity index (χ2n) is 5.44. The molecule has 1 aromatic heterocycles. The maximum atomic E-state index is 12.1. The molecular formula is C16H17N3O4S. The molecule has 0 radical (unpaired) electrons. The first-order chi connectivity index (χ1) is 11.5. The number of methoxy groups -OCH3 is 1. The Balaban J connectivity index is 1.71. The smallest absolute Gasteiger partial charge is 0.437 e. The van der Waals surface area contributed by atoms with E-state index in [0.717, 1.165) is 24.1 Å². The molecule has 1 heterocycles. The van der Waals surface area contributed by atoms with Crippen LogP contribution in [0.5, 0.6) is 5.06 Å². The summed E-state index contributed by atoms with van der Waals surface area (Å²) in [7, 11) is 1.24. The summed E-state index contributed by atoms with van der Waals surface area (Å²) >= 11 is 1.17. The second kappa shape index (κ2) is 6.88. The summed E-state index contributed by atoms with van der Waals surface area (Å²) in [5, 5.41) is 6.98. The number of hydrogen-bond donors (Lipinski definition) is 2. The molecule has 0 unspecified atom stereocenters. The van der Waals surface area contributed by atoms with E-state index in [1.54, 1.807) is 12.1 Å². The summed E-state index contributed by atoms with van der Waals surface area (Å²) < 4.78 is 9.35. The highest BCUT2D eigenvalue weighted by Gasteiger charge is 2.24. The van der Waals surface area contributed by atoms with Gasteiger partial charge >= 0.3 is 6.16 Å². The molecule has 2 aromatic rings. The molecule has 126 valence electrons. The average molecular weight is 347 g/mol. The molecule has 0 atom stereocenters. The van der Waals surface area contributed by atoms with Crippen LogP contribution in [0.25, 0.3) is 0 Å². The van der Waals surface area contributed by atoms with Gasteiger partial charge in [0.05, 0.1) is 13.3 Å². The molecule has 0 spiro atoms. The number of rotatable bonds is 5. The van der Waals surface area contributed by atoms with Crippen LogP contribution >= 0.6 is 11.3 Å². The first kappa shape index (κ1) is 16.3. The second-order valence-corrected chi connectivity index (χ2v) is 6.44. The molecule has 1 fully saturated rings. The third kappa shape index (κ3) is 4.02. The lowest BCUT2D eigenvalue weighted by Crippen LogP contribution is -2.25. The van der Waals surface area contributed by atoms with Crippen molar-refractivity contribution in [1.82, 2.24) is 10.3 Å². The summed E-state index contributed by atoms with van der Waals surface area (Å²) in [5.41, 5.74) is 2.35. The van der Waals surface area contributed by atoms with Crippen LogP contribution in [0.2, 0.25) is 0 Å². The molecule has 0 aliphatic heterocycles. The highest BCUT2D eigenvalue weighted by Crippen LogP contribution is 2.30. The Morgan fingerprint density at radius 2 is 2.12 bits per heavy atom. The molecule has 7 nitrogen and oxygen atoms in total.